The van der Waals surface area contributed by atoms with Crippen molar-refractivity contribution in [2.75, 3.05) is 7.11 Å². The maximum absolute atomic E-state index is 12.6. The van der Waals surface area contributed by atoms with Gasteiger partial charge in [-0.1, -0.05) is 35.6 Å². The Kier molecular flexibility index (Phi) is 5.28. The van der Waals surface area contributed by atoms with Gasteiger partial charge in [-0.2, -0.15) is 4.99 Å². The molecule has 0 spiro atoms. The van der Waals surface area contributed by atoms with Gasteiger partial charge in [-0.25, -0.2) is 0 Å². The Morgan fingerprint density at radius 3 is 2.50 bits per heavy atom. The number of carbonyl (C=O) groups excluding carboxylic acids is 1. The van der Waals surface area contributed by atoms with Crippen LogP contribution in [0.15, 0.2) is 35.3 Å². The van der Waals surface area contributed by atoms with Gasteiger partial charge in [0, 0.05) is 6.54 Å². The van der Waals surface area contributed by atoms with Crippen LogP contribution in [0.3, 0.4) is 0 Å². The van der Waals surface area contributed by atoms with Crippen LogP contribution < -0.4 is 9.54 Å². The van der Waals surface area contributed by atoms with Crippen LogP contribution in [0.5, 0.6) is 5.75 Å². The van der Waals surface area contributed by atoms with Crippen molar-refractivity contribution in [3.8, 4) is 5.75 Å². The lowest BCUT2D eigenvalue weighted by molar-refractivity contribution is -0.117. The van der Waals surface area contributed by atoms with Crippen LogP contribution in [0.1, 0.15) is 29.2 Å². The third kappa shape index (κ3) is 3.44. The second kappa shape index (κ2) is 7.46. The van der Waals surface area contributed by atoms with Gasteiger partial charge >= 0.3 is 0 Å². The maximum atomic E-state index is 12.6. The Morgan fingerprint density at radius 1 is 1.12 bits per heavy atom. The van der Waals surface area contributed by atoms with Crippen molar-refractivity contribution in [3.05, 3.63) is 57.4 Å². The molecule has 0 aliphatic heterocycles. The normalized spacial score (nSPS) is 12.0. The molecule has 0 aliphatic carbocycles. The van der Waals surface area contributed by atoms with Gasteiger partial charge in [0.15, 0.2) is 4.80 Å². The molecule has 0 atom stereocenters. The number of aromatic nitrogens is 1. The van der Waals surface area contributed by atoms with E-state index >= 15 is 0 Å². The summed E-state index contributed by atoms with van der Waals surface area (Å²) in [5.74, 6) is 0.686. The van der Waals surface area contributed by atoms with Gasteiger partial charge in [-0.15, -0.1) is 0 Å². The van der Waals surface area contributed by atoms with Crippen molar-refractivity contribution in [2.45, 2.75) is 40.7 Å². The molecule has 0 aliphatic rings. The number of carbonyl (C=O) groups is 1. The van der Waals surface area contributed by atoms with Crippen LogP contribution in [0.2, 0.25) is 0 Å². The van der Waals surface area contributed by atoms with E-state index in [9.17, 15) is 4.79 Å². The smallest absolute Gasteiger partial charge is 0.252 e. The van der Waals surface area contributed by atoms with Gasteiger partial charge in [0.2, 0.25) is 0 Å². The van der Waals surface area contributed by atoms with Gasteiger partial charge in [-0.3, -0.25) is 4.79 Å². The first-order chi connectivity index (χ1) is 12.4. The number of ether oxygens (including phenoxy) is 1. The number of hydrogen-bond acceptors (Lipinski definition) is 3. The molecule has 136 valence electrons. The molecule has 0 saturated heterocycles. The Balaban J connectivity index is 2.04. The van der Waals surface area contributed by atoms with Crippen molar-refractivity contribution >= 4 is 27.5 Å². The fourth-order valence-electron chi connectivity index (χ4n) is 3.06. The Morgan fingerprint density at radius 2 is 1.85 bits per heavy atom. The molecule has 0 unspecified atom stereocenters. The molecule has 5 heteroatoms. The second-order valence-electron chi connectivity index (χ2n) is 6.49. The van der Waals surface area contributed by atoms with E-state index in [-0.39, 0.29) is 5.91 Å². The predicted molar refractivity (Wildman–Crippen MR) is 107 cm³/mol. The van der Waals surface area contributed by atoms with Gasteiger partial charge in [0.05, 0.1) is 18.2 Å². The van der Waals surface area contributed by atoms with Crippen LogP contribution in [-0.4, -0.2) is 17.6 Å². The molecular weight excluding hydrogens is 344 g/mol. The number of thiazole rings is 1. The molecule has 3 aromatic rings. The van der Waals surface area contributed by atoms with E-state index in [1.54, 1.807) is 18.4 Å². The summed E-state index contributed by atoms with van der Waals surface area (Å²) in [7, 11) is 1.67. The summed E-state index contributed by atoms with van der Waals surface area (Å²) >= 11 is 1.54. The number of fused-ring (bicyclic) bond motifs is 1. The third-order valence-corrected chi connectivity index (χ3v) is 5.88. The highest BCUT2D eigenvalue weighted by Crippen LogP contribution is 2.30. The first-order valence-corrected chi connectivity index (χ1v) is 9.56. The zero-order chi connectivity index (χ0) is 18.8. The van der Waals surface area contributed by atoms with Crippen LogP contribution in [0, 0.1) is 20.8 Å². The Bertz CT molecular complexity index is 1040. The topological polar surface area (TPSA) is 43.6 Å². The van der Waals surface area contributed by atoms with Crippen molar-refractivity contribution in [1.29, 1.82) is 0 Å². The molecule has 26 heavy (non-hydrogen) atoms. The number of amides is 1. The van der Waals surface area contributed by atoms with Gasteiger partial charge in [0.1, 0.15) is 11.3 Å². The van der Waals surface area contributed by atoms with E-state index in [1.165, 1.54) is 11.1 Å². The average molecular weight is 369 g/mol. The SMILES string of the molecule is CCn1c(=NC(=O)Cc2ccc(C)c(C)c2)sc2c(C)ccc(OC)c21. The fraction of sp³-hybridized carbons (Fsp3) is 0.333. The van der Waals surface area contributed by atoms with Crippen molar-refractivity contribution in [2.24, 2.45) is 4.99 Å². The average Bonchev–Trinajstić information content (AvgIpc) is 2.97. The number of aryl methyl sites for hydroxylation is 4. The predicted octanol–water partition coefficient (Wildman–Crippen LogP) is 4.33. The molecule has 2 aromatic carbocycles. The minimum Gasteiger partial charge on any atom is -0.495 e. The van der Waals surface area contributed by atoms with Crippen molar-refractivity contribution < 1.29 is 9.53 Å². The second-order valence-corrected chi connectivity index (χ2v) is 7.47. The number of rotatable bonds is 4. The molecule has 3 rings (SSSR count). The van der Waals surface area contributed by atoms with Gasteiger partial charge < -0.3 is 9.30 Å². The maximum Gasteiger partial charge on any atom is 0.252 e. The highest BCUT2D eigenvalue weighted by molar-refractivity contribution is 7.16. The zero-order valence-corrected chi connectivity index (χ0v) is 16.7. The van der Waals surface area contributed by atoms with Crippen LogP contribution >= 0.6 is 11.3 Å². The van der Waals surface area contributed by atoms with Crippen LogP contribution in [-0.2, 0) is 17.8 Å². The molecule has 0 radical (unpaired) electrons. The highest BCUT2D eigenvalue weighted by Gasteiger charge is 2.13. The number of benzene rings is 2. The summed E-state index contributed by atoms with van der Waals surface area (Å²) in [6.07, 6.45) is 0.315. The minimum absolute atomic E-state index is 0.126. The minimum atomic E-state index is -0.126. The van der Waals surface area contributed by atoms with E-state index < -0.39 is 0 Å². The Hall–Kier alpha value is -2.40. The molecule has 0 N–H and O–H groups in total. The monoisotopic (exact) mass is 368 g/mol. The lowest BCUT2D eigenvalue weighted by Gasteiger charge is -2.07. The Labute approximate surface area is 157 Å². The van der Waals surface area contributed by atoms with Crippen LogP contribution in [0.25, 0.3) is 10.2 Å². The van der Waals surface area contributed by atoms with Gasteiger partial charge in [0.25, 0.3) is 5.91 Å². The summed E-state index contributed by atoms with van der Waals surface area (Å²) in [6.45, 7) is 8.99. The van der Waals surface area contributed by atoms with E-state index in [4.69, 9.17) is 4.74 Å². The summed E-state index contributed by atoms with van der Waals surface area (Å²) in [5, 5.41) is 0. The molecular formula is C21H24N2O2S. The summed E-state index contributed by atoms with van der Waals surface area (Å²) in [5.41, 5.74) is 5.60. The van der Waals surface area contributed by atoms with E-state index in [1.807, 2.05) is 18.2 Å². The van der Waals surface area contributed by atoms with Gasteiger partial charge in [-0.05, 0) is 56.0 Å². The first kappa shape index (κ1) is 18.4. The standard InChI is InChI=1S/C21H24N2O2S/c1-6-23-19-17(25-5)10-8-14(3)20(19)26-21(23)22-18(24)12-16-9-7-13(2)15(4)11-16/h7-11H,6,12H2,1-5H3. The first-order valence-electron chi connectivity index (χ1n) is 8.75. The molecule has 0 saturated carbocycles. The molecule has 0 fully saturated rings. The van der Waals surface area contributed by atoms with Crippen molar-refractivity contribution in [3.63, 3.8) is 0 Å². The summed E-state index contributed by atoms with van der Waals surface area (Å²) in [6, 6.07) is 10.1. The lowest BCUT2D eigenvalue weighted by Crippen LogP contribution is -2.17. The largest absolute Gasteiger partial charge is 0.495 e. The summed E-state index contributed by atoms with van der Waals surface area (Å²) in [4.78, 5) is 17.7. The van der Waals surface area contributed by atoms with E-state index in [0.717, 1.165) is 38.4 Å². The van der Waals surface area contributed by atoms with Crippen LogP contribution in [0.4, 0.5) is 0 Å². The van der Waals surface area contributed by atoms with E-state index in [0.29, 0.717) is 6.42 Å². The third-order valence-electron chi connectivity index (χ3n) is 4.67. The fourth-order valence-corrected chi connectivity index (χ4v) is 4.25. The summed E-state index contributed by atoms with van der Waals surface area (Å²) < 4.78 is 8.70. The molecule has 1 amide bonds. The van der Waals surface area contributed by atoms with Crippen molar-refractivity contribution in [1.82, 2.24) is 4.57 Å². The number of methoxy groups -OCH3 is 1. The molecule has 1 aromatic heterocycles. The quantitative estimate of drug-likeness (QED) is 0.688. The molecule has 4 nitrogen and oxygen atoms in total. The lowest BCUT2D eigenvalue weighted by atomic mass is 10.0. The van der Waals surface area contributed by atoms with E-state index in [2.05, 4.69) is 49.4 Å². The number of nitrogens with zero attached hydrogens (tertiary/aromatic N) is 2. The highest BCUT2D eigenvalue weighted by atomic mass is 32.1. The molecule has 1 heterocycles. The molecule has 0 bridgehead atoms. The number of hydrogen-bond donors (Lipinski definition) is 0. The zero-order valence-electron chi connectivity index (χ0n) is 15.9.